The number of halogens is 1. The van der Waals surface area contributed by atoms with Gasteiger partial charge in [0.05, 0.1) is 37.1 Å². The smallest absolute Gasteiger partial charge is 0.276 e. The Balaban J connectivity index is 1.25. The number of ether oxygens (including phenoxy) is 2. The molecule has 0 radical (unpaired) electrons. The van der Waals surface area contributed by atoms with Crippen LogP contribution in [0.2, 0.25) is 5.02 Å². The fourth-order valence-corrected chi connectivity index (χ4v) is 4.28. The van der Waals surface area contributed by atoms with E-state index < -0.39 is 12.0 Å². The van der Waals surface area contributed by atoms with Crippen LogP contribution in [0.3, 0.4) is 0 Å². The molecule has 2 fully saturated rings. The second-order valence-corrected chi connectivity index (χ2v) is 8.98. The molecule has 3 aromatic rings. The molecule has 184 valence electrons. The molecule has 2 amide bonds. The number of amides is 2. The normalized spacial score (nSPS) is 17.6. The van der Waals surface area contributed by atoms with Gasteiger partial charge in [-0.3, -0.25) is 14.3 Å². The molecular weight excluding hydrogens is 482 g/mol. The molecule has 2 aliphatic rings. The first kappa shape index (κ1) is 24.0. The molecule has 0 saturated carbocycles. The summed E-state index contributed by atoms with van der Waals surface area (Å²) < 4.78 is 12.4. The van der Waals surface area contributed by atoms with Gasteiger partial charge >= 0.3 is 0 Å². The molecule has 5 rings (SSSR count). The fourth-order valence-electron chi connectivity index (χ4n) is 4.06. The molecule has 2 saturated heterocycles. The number of hydrogen-bond acceptors (Lipinski definition) is 6. The summed E-state index contributed by atoms with van der Waals surface area (Å²) in [4.78, 5) is 31.8. The molecule has 0 aliphatic carbocycles. The van der Waals surface area contributed by atoms with Crippen LogP contribution in [0.1, 0.15) is 33.2 Å². The second kappa shape index (κ2) is 10.5. The zero-order valence-electron chi connectivity index (χ0n) is 19.6. The van der Waals surface area contributed by atoms with Crippen molar-refractivity contribution in [2.45, 2.75) is 19.1 Å². The third-order valence-electron chi connectivity index (χ3n) is 6.01. The minimum Gasteiger partial charge on any atom is -0.376 e. The summed E-state index contributed by atoms with van der Waals surface area (Å²) in [5, 5.41) is 7.34. The van der Waals surface area contributed by atoms with E-state index in [1.807, 2.05) is 43.3 Å². The molecule has 36 heavy (non-hydrogen) atoms. The van der Waals surface area contributed by atoms with Crippen LogP contribution in [0, 0.1) is 18.8 Å². The maximum atomic E-state index is 13.1. The number of carbonyl (C=O) groups excluding carboxylic acids is 2. The average molecular weight is 506 g/mol. The minimum absolute atomic E-state index is 0.120. The zero-order chi connectivity index (χ0) is 25.1. The van der Waals surface area contributed by atoms with Gasteiger partial charge < -0.3 is 19.7 Å². The third-order valence-corrected chi connectivity index (χ3v) is 6.29. The van der Waals surface area contributed by atoms with Gasteiger partial charge in [-0.25, -0.2) is 4.98 Å². The van der Waals surface area contributed by atoms with E-state index >= 15 is 0 Å². The van der Waals surface area contributed by atoms with E-state index in [0.29, 0.717) is 32.1 Å². The number of nitrogens with one attached hydrogen (secondary N) is 1. The SMILES string of the molecule is Cc1cc(C#Cc2ccccc2)cnc1NC(=O)c1c(Cl)cnn1C1CN(C(=O)C2COCCO2)C1. The van der Waals surface area contributed by atoms with Crippen molar-refractivity contribution in [2.75, 3.05) is 38.2 Å². The molecular formula is C26H24ClN5O4. The van der Waals surface area contributed by atoms with Gasteiger partial charge in [0.1, 0.15) is 11.5 Å². The first-order valence-corrected chi connectivity index (χ1v) is 11.9. The van der Waals surface area contributed by atoms with Crippen molar-refractivity contribution >= 4 is 29.2 Å². The number of likely N-dealkylation sites (tertiary alicyclic amines) is 1. The highest BCUT2D eigenvalue weighted by molar-refractivity contribution is 6.34. The van der Waals surface area contributed by atoms with Crippen molar-refractivity contribution in [3.63, 3.8) is 0 Å². The summed E-state index contributed by atoms with van der Waals surface area (Å²) in [6.07, 6.45) is 2.46. The molecule has 0 spiro atoms. The van der Waals surface area contributed by atoms with Gasteiger partial charge in [0.15, 0.2) is 6.10 Å². The van der Waals surface area contributed by atoms with E-state index in [9.17, 15) is 9.59 Å². The molecule has 2 aromatic heterocycles. The molecule has 1 aromatic carbocycles. The number of aryl methyl sites for hydroxylation is 1. The first-order valence-electron chi connectivity index (χ1n) is 11.6. The number of nitrogens with zero attached hydrogens (tertiary/aromatic N) is 4. The van der Waals surface area contributed by atoms with Crippen LogP contribution >= 0.6 is 11.6 Å². The summed E-state index contributed by atoms with van der Waals surface area (Å²) in [6, 6.07) is 11.4. The summed E-state index contributed by atoms with van der Waals surface area (Å²) in [6.45, 7) is 3.81. The van der Waals surface area contributed by atoms with Crippen molar-refractivity contribution in [1.29, 1.82) is 0 Å². The van der Waals surface area contributed by atoms with Crippen LogP contribution in [0.5, 0.6) is 0 Å². The Labute approximate surface area is 213 Å². The largest absolute Gasteiger partial charge is 0.376 e. The summed E-state index contributed by atoms with van der Waals surface area (Å²) in [7, 11) is 0. The summed E-state index contributed by atoms with van der Waals surface area (Å²) in [5.41, 5.74) is 2.64. The number of carbonyl (C=O) groups is 2. The second-order valence-electron chi connectivity index (χ2n) is 8.58. The minimum atomic E-state index is -0.585. The van der Waals surface area contributed by atoms with E-state index in [0.717, 1.165) is 16.7 Å². The lowest BCUT2D eigenvalue weighted by Gasteiger charge is -2.41. The monoisotopic (exact) mass is 505 g/mol. The number of benzene rings is 1. The van der Waals surface area contributed by atoms with Crippen LogP contribution in [0.15, 0.2) is 48.8 Å². The lowest BCUT2D eigenvalue weighted by atomic mass is 10.1. The van der Waals surface area contributed by atoms with Crippen molar-refractivity contribution in [3.8, 4) is 11.8 Å². The third kappa shape index (κ3) is 5.11. The average Bonchev–Trinajstić information content (AvgIpc) is 3.25. The highest BCUT2D eigenvalue weighted by Gasteiger charge is 2.39. The maximum Gasteiger partial charge on any atom is 0.276 e. The summed E-state index contributed by atoms with van der Waals surface area (Å²) in [5.74, 6) is 6.05. The van der Waals surface area contributed by atoms with E-state index in [1.54, 1.807) is 15.8 Å². The van der Waals surface area contributed by atoms with Crippen LogP contribution < -0.4 is 5.32 Å². The van der Waals surface area contributed by atoms with Crippen LogP contribution in [-0.2, 0) is 14.3 Å². The summed E-state index contributed by atoms with van der Waals surface area (Å²) >= 11 is 6.32. The topological polar surface area (TPSA) is 98.6 Å². The van der Waals surface area contributed by atoms with Gasteiger partial charge in [-0.15, -0.1) is 0 Å². The molecule has 0 bridgehead atoms. The van der Waals surface area contributed by atoms with Gasteiger partial charge in [-0.2, -0.15) is 5.10 Å². The van der Waals surface area contributed by atoms with Gasteiger partial charge in [0.25, 0.3) is 11.8 Å². The van der Waals surface area contributed by atoms with Crippen LogP contribution in [0.25, 0.3) is 0 Å². The quantitative estimate of drug-likeness (QED) is 0.547. The predicted octanol–water partition coefficient (Wildman–Crippen LogP) is 2.69. The van der Waals surface area contributed by atoms with Crippen molar-refractivity contribution in [2.24, 2.45) is 0 Å². The predicted molar refractivity (Wildman–Crippen MR) is 133 cm³/mol. The zero-order valence-corrected chi connectivity index (χ0v) is 20.4. The fraction of sp³-hybridized carbons (Fsp3) is 0.308. The Morgan fingerprint density at radius 2 is 1.89 bits per heavy atom. The molecule has 10 heteroatoms. The maximum absolute atomic E-state index is 13.1. The Morgan fingerprint density at radius 1 is 1.11 bits per heavy atom. The molecule has 2 aliphatic heterocycles. The van der Waals surface area contributed by atoms with Crippen molar-refractivity contribution < 1.29 is 19.1 Å². The molecule has 1 N–H and O–H groups in total. The van der Waals surface area contributed by atoms with E-state index in [-0.39, 0.29) is 29.3 Å². The van der Waals surface area contributed by atoms with E-state index in [4.69, 9.17) is 21.1 Å². The molecule has 1 atom stereocenters. The van der Waals surface area contributed by atoms with Crippen molar-refractivity contribution in [1.82, 2.24) is 19.7 Å². The highest BCUT2D eigenvalue weighted by Crippen LogP contribution is 2.28. The van der Waals surface area contributed by atoms with E-state index in [1.165, 1.54) is 6.20 Å². The Hall–Kier alpha value is -3.71. The van der Waals surface area contributed by atoms with Gasteiger partial charge in [-0.05, 0) is 30.7 Å². The number of pyridine rings is 1. The van der Waals surface area contributed by atoms with Gasteiger partial charge in [0, 0.05) is 30.4 Å². The highest BCUT2D eigenvalue weighted by atomic mass is 35.5. The standard InChI is InChI=1S/C26H24ClN5O4/c1-17-11-19(8-7-18-5-3-2-4-6-18)12-28-24(17)30-25(33)23-21(27)13-29-32(23)20-14-31(15-20)26(34)22-16-35-9-10-36-22/h2-6,11-13,20,22H,9-10,14-16H2,1H3,(H,28,30,33). The number of anilines is 1. The first-order chi connectivity index (χ1) is 17.5. The molecule has 9 nitrogen and oxygen atoms in total. The Morgan fingerprint density at radius 3 is 2.61 bits per heavy atom. The van der Waals surface area contributed by atoms with E-state index in [2.05, 4.69) is 27.2 Å². The van der Waals surface area contributed by atoms with Gasteiger partial charge in [-0.1, -0.05) is 41.6 Å². The Bertz CT molecular complexity index is 1340. The number of aromatic nitrogens is 3. The lowest BCUT2D eigenvalue weighted by Crippen LogP contribution is -2.56. The Kier molecular flexibility index (Phi) is 7.00. The lowest BCUT2D eigenvalue weighted by molar-refractivity contribution is -0.163. The van der Waals surface area contributed by atoms with Crippen molar-refractivity contribution in [3.05, 3.63) is 76.2 Å². The number of rotatable bonds is 4. The molecule has 4 heterocycles. The van der Waals surface area contributed by atoms with Crippen LogP contribution in [0.4, 0.5) is 5.82 Å². The number of hydrogen-bond donors (Lipinski definition) is 1. The van der Waals surface area contributed by atoms with Gasteiger partial charge in [0.2, 0.25) is 0 Å². The molecule has 1 unspecified atom stereocenters. The van der Waals surface area contributed by atoms with Crippen LogP contribution in [-0.4, -0.2) is 70.5 Å².